The molecule has 0 aliphatic heterocycles. The van der Waals surface area contributed by atoms with Gasteiger partial charge in [-0.1, -0.05) is 19.4 Å². The van der Waals surface area contributed by atoms with Crippen molar-refractivity contribution in [2.45, 2.75) is 40.5 Å². The Morgan fingerprint density at radius 1 is 1.27 bits per heavy atom. The predicted molar refractivity (Wildman–Crippen MR) is 108 cm³/mol. The van der Waals surface area contributed by atoms with E-state index in [0.717, 1.165) is 42.9 Å². The van der Waals surface area contributed by atoms with E-state index in [1.54, 1.807) is 6.08 Å². The molecule has 4 heteroatoms. The van der Waals surface area contributed by atoms with Crippen molar-refractivity contribution in [1.82, 2.24) is 0 Å². The van der Waals surface area contributed by atoms with Crippen LogP contribution < -0.4 is 4.90 Å². The standard InChI is InChI=1S/C22H26N4/c1-6-26(7-2)21-10-8-18(9-11-21)25-19-12-17(13-20(16-23)24-5)14-22(3,4)15-19/h8-13H,6-7,14-15H2,1-4H3/b20-13-,25-19?. The molecule has 0 N–H and O–H groups in total. The Labute approximate surface area is 157 Å². The zero-order valence-corrected chi connectivity index (χ0v) is 16.1. The van der Waals surface area contributed by atoms with Crippen LogP contribution in [0.2, 0.25) is 0 Å². The Morgan fingerprint density at radius 3 is 2.46 bits per heavy atom. The molecule has 0 fully saturated rings. The quantitative estimate of drug-likeness (QED) is 0.508. The van der Waals surface area contributed by atoms with Gasteiger partial charge < -0.3 is 4.90 Å². The second kappa shape index (κ2) is 8.50. The van der Waals surface area contributed by atoms with Crippen molar-refractivity contribution < 1.29 is 0 Å². The third-order valence-electron chi connectivity index (χ3n) is 4.50. The van der Waals surface area contributed by atoms with E-state index in [2.05, 4.69) is 49.6 Å². The number of hydrogen-bond donors (Lipinski definition) is 0. The molecule has 1 aliphatic rings. The lowest BCUT2D eigenvalue weighted by molar-refractivity contribution is 0.377. The summed E-state index contributed by atoms with van der Waals surface area (Å²) >= 11 is 0. The van der Waals surface area contributed by atoms with Crippen LogP contribution in [0.15, 0.2) is 52.7 Å². The van der Waals surface area contributed by atoms with Gasteiger partial charge >= 0.3 is 0 Å². The molecule has 0 saturated heterocycles. The van der Waals surface area contributed by atoms with Crippen LogP contribution in [0.1, 0.15) is 40.5 Å². The summed E-state index contributed by atoms with van der Waals surface area (Å²) in [4.78, 5) is 10.4. The first-order chi connectivity index (χ1) is 12.4. The smallest absolute Gasteiger partial charge is 0.262 e. The van der Waals surface area contributed by atoms with Gasteiger partial charge in [-0.3, -0.25) is 4.99 Å². The van der Waals surface area contributed by atoms with Gasteiger partial charge in [-0.15, -0.1) is 0 Å². The summed E-state index contributed by atoms with van der Waals surface area (Å²) in [5.74, 6) is 0. The highest BCUT2D eigenvalue weighted by Crippen LogP contribution is 2.36. The fraction of sp³-hybridized carbons (Fsp3) is 0.409. The van der Waals surface area contributed by atoms with Crippen molar-refractivity contribution in [2.75, 3.05) is 18.0 Å². The van der Waals surface area contributed by atoms with Crippen molar-refractivity contribution in [3.05, 3.63) is 59.1 Å². The third kappa shape index (κ3) is 5.07. The fourth-order valence-corrected chi connectivity index (χ4v) is 3.34. The summed E-state index contributed by atoms with van der Waals surface area (Å²) in [5.41, 5.74) is 4.30. The Hall–Kier alpha value is -2.85. The first-order valence-electron chi connectivity index (χ1n) is 9.03. The molecule has 0 bridgehead atoms. The zero-order valence-electron chi connectivity index (χ0n) is 16.1. The van der Waals surface area contributed by atoms with E-state index in [4.69, 9.17) is 16.8 Å². The Balaban J connectivity index is 2.32. The van der Waals surface area contributed by atoms with E-state index in [-0.39, 0.29) is 11.1 Å². The predicted octanol–water partition coefficient (Wildman–Crippen LogP) is 5.68. The van der Waals surface area contributed by atoms with Crippen molar-refractivity contribution in [3.8, 4) is 6.07 Å². The van der Waals surface area contributed by atoms with E-state index in [1.165, 1.54) is 5.69 Å². The average molecular weight is 346 g/mol. The maximum absolute atomic E-state index is 9.01. The van der Waals surface area contributed by atoms with Crippen LogP contribution in [-0.2, 0) is 0 Å². The number of anilines is 1. The molecule has 0 amide bonds. The van der Waals surface area contributed by atoms with Crippen LogP contribution in [-0.4, -0.2) is 18.8 Å². The van der Waals surface area contributed by atoms with Gasteiger partial charge in [0.25, 0.3) is 5.70 Å². The molecule has 4 nitrogen and oxygen atoms in total. The SMILES string of the molecule is [C-]#[N+]/C(C#N)=C\C1=CC(=Nc2ccc(N(CC)CC)cc2)CC(C)(C)C1. The normalized spacial score (nSPS) is 18.0. The van der Waals surface area contributed by atoms with Crippen LogP contribution in [0.25, 0.3) is 4.85 Å². The van der Waals surface area contributed by atoms with Crippen molar-refractivity contribution in [2.24, 2.45) is 10.4 Å². The molecule has 0 atom stereocenters. The Bertz CT molecular complexity index is 791. The molecule has 0 saturated carbocycles. The number of benzene rings is 1. The molecule has 0 aromatic heterocycles. The van der Waals surface area contributed by atoms with Crippen LogP contribution in [0, 0.1) is 23.3 Å². The first-order valence-corrected chi connectivity index (χ1v) is 9.03. The van der Waals surface area contributed by atoms with E-state index in [0.29, 0.717) is 0 Å². The van der Waals surface area contributed by atoms with Gasteiger partial charge in [-0.05, 0) is 68.5 Å². The monoisotopic (exact) mass is 346 g/mol. The summed E-state index contributed by atoms with van der Waals surface area (Å²) in [5, 5.41) is 9.01. The number of allylic oxidation sites excluding steroid dienone is 4. The highest BCUT2D eigenvalue weighted by atomic mass is 15.1. The van der Waals surface area contributed by atoms with Gasteiger partial charge in [-0.25, -0.2) is 10.1 Å². The Kier molecular flexibility index (Phi) is 6.36. The molecular weight excluding hydrogens is 320 g/mol. The van der Waals surface area contributed by atoms with Crippen molar-refractivity contribution >= 4 is 17.1 Å². The number of aliphatic imine (C=N–C) groups is 1. The van der Waals surface area contributed by atoms with Gasteiger partial charge in [0.05, 0.1) is 18.3 Å². The molecule has 1 aliphatic carbocycles. The summed E-state index contributed by atoms with van der Waals surface area (Å²) in [6.45, 7) is 17.7. The second-order valence-corrected chi connectivity index (χ2v) is 7.28. The van der Waals surface area contributed by atoms with Gasteiger partial charge in [0, 0.05) is 24.5 Å². The second-order valence-electron chi connectivity index (χ2n) is 7.28. The highest BCUT2D eigenvalue weighted by molar-refractivity contribution is 5.99. The topological polar surface area (TPSA) is 43.8 Å². The number of nitrogens with zero attached hydrogens (tertiary/aromatic N) is 4. The minimum Gasteiger partial charge on any atom is -0.372 e. The minimum absolute atomic E-state index is 0.0587. The average Bonchev–Trinajstić information content (AvgIpc) is 2.61. The summed E-state index contributed by atoms with van der Waals surface area (Å²) < 4.78 is 0. The fourth-order valence-electron chi connectivity index (χ4n) is 3.34. The summed E-state index contributed by atoms with van der Waals surface area (Å²) in [7, 11) is 0. The maximum atomic E-state index is 9.01. The molecule has 2 rings (SSSR count). The van der Waals surface area contributed by atoms with Gasteiger partial charge in [0.2, 0.25) is 0 Å². The Morgan fingerprint density at radius 2 is 1.92 bits per heavy atom. The van der Waals surface area contributed by atoms with E-state index in [1.807, 2.05) is 24.3 Å². The van der Waals surface area contributed by atoms with Crippen LogP contribution in [0.3, 0.4) is 0 Å². The van der Waals surface area contributed by atoms with Crippen molar-refractivity contribution in [3.63, 3.8) is 0 Å². The third-order valence-corrected chi connectivity index (χ3v) is 4.50. The van der Waals surface area contributed by atoms with E-state index >= 15 is 0 Å². The molecule has 0 unspecified atom stereocenters. The lowest BCUT2D eigenvalue weighted by Crippen LogP contribution is -2.21. The molecule has 1 aromatic rings. The highest BCUT2D eigenvalue weighted by Gasteiger charge is 2.25. The zero-order chi connectivity index (χ0) is 19.2. The van der Waals surface area contributed by atoms with Gasteiger partial charge in [0.15, 0.2) is 0 Å². The number of nitriles is 1. The largest absolute Gasteiger partial charge is 0.372 e. The summed E-state index contributed by atoms with van der Waals surface area (Å²) in [6, 6.07) is 10.3. The number of rotatable bonds is 5. The maximum Gasteiger partial charge on any atom is 0.262 e. The molecule has 0 heterocycles. The molecular formula is C22H26N4. The van der Waals surface area contributed by atoms with E-state index in [9.17, 15) is 0 Å². The summed E-state index contributed by atoms with van der Waals surface area (Å²) in [6.07, 6.45) is 5.43. The molecule has 134 valence electrons. The minimum atomic E-state index is 0.0587. The number of hydrogen-bond acceptors (Lipinski definition) is 3. The lowest BCUT2D eigenvalue weighted by Gasteiger charge is -2.29. The first kappa shape index (κ1) is 19.5. The van der Waals surface area contributed by atoms with Gasteiger partial charge in [-0.2, -0.15) is 0 Å². The molecule has 26 heavy (non-hydrogen) atoms. The molecule has 0 spiro atoms. The van der Waals surface area contributed by atoms with Crippen molar-refractivity contribution in [1.29, 1.82) is 5.26 Å². The molecule has 1 aromatic carbocycles. The van der Waals surface area contributed by atoms with Gasteiger partial charge in [0.1, 0.15) is 0 Å². The lowest BCUT2D eigenvalue weighted by atomic mass is 9.76. The van der Waals surface area contributed by atoms with Crippen LogP contribution in [0.4, 0.5) is 11.4 Å². The van der Waals surface area contributed by atoms with Crippen LogP contribution >= 0.6 is 0 Å². The van der Waals surface area contributed by atoms with Crippen LogP contribution in [0.5, 0.6) is 0 Å². The van der Waals surface area contributed by atoms with E-state index < -0.39 is 0 Å². The molecule has 0 radical (unpaired) electrons.